The molecule has 30 heavy (non-hydrogen) atoms. The van der Waals surface area contributed by atoms with E-state index in [0.717, 1.165) is 50.1 Å². The summed E-state index contributed by atoms with van der Waals surface area (Å²) in [7, 11) is 0. The Bertz CT molecular complexity index is 1040. The van der Waals surface area contributed by atoms with Crippen molar-refractivity contribution in [3.63, 3.8) is 0 Å². The molecule has 1 aromatic heterocycles. The average molecular weight is 402 g/mol. The van der Waals surface area contributed by atoms with Crippen LogP contribution in [0.25, 0.3) is 11.4 Å². The van der Waals surface area contributed by atoms with E-state index in [2.05, 4.69) is 34.1 Å². The zero-order valence-corrected chi connectivity index (χ0v) is 17.3. The normalized spacial score (nSPS) is 17.3. The fourth-order valence-electron chi connectivity index (χ4n) is 4.46. The van der Waals surface area contributed by atoms with E-state index in [0.29, 0.717) is 18.3 Å². The number of carbonyl (C=O) groups excluding carboxylic acids is 1. The van der Waals surface area contributed by atoms with Gasteiger partial charge in [0.15, 0.2) is 0 Å². The third-order valence-electron chi connectivity index (χ3n) is 6.23. The molecule has 2 aliphatic rings. The molecular formula is C24H26N4O2. The highest BCUT2D eigenvalue weighted by atomic mass is 16.5. The number of hydrogen-bond acceptors (Lipinski definition) is 5. The number of piperidine rings is 1. The highest BCUT2D eigenvalue weighted by Crippen LogP contribution is 2.31. The summed E-state index contributed by atoms with van der Waals surface area (Å²) in [6.07, 6.45) is 2.70. The van der Waals surface area contributed by atoms with Crippen molar-refractivity contribution in [3.8, 4) is 11.4 Å². The minimum atomic E-state index is 0.0956. The van der Waals surface area contributed by atoms with Crippen molar-refractivity contribution in [1.29, 1.82) is 0 Å². The van der Waals surface area contributed by atoms with Gasteiger partial charge < -0.3 is 9.42 Å². The zero-order valence-electron chi connectivity index (χ0n) is 17.3. The van der Waals surface area contributed by atoms with Crippen LogP contribution in [0.5, 0.6) is 0 Å². The Balaban J connectivity index is 1.17. The van der Waals surface area contributed by atoms with E-state index < -0.39 is 0 Å². The van der Waals surface area contributed by atoms with E-state index in [1.807, 2.05) is 41.3 Å². The second kappa shape index (κ2) is 8.03. The van der Waals surface area contributed by atoms with E-state index in [1.165, 1.54) is 11.1 Å². The van der Waals surface area contributed by atoms with Crippen LogP contribution in [-0.2, 0) is 17.8 Å². The number of amides is 1. The molecule has 1 fully saturated rings. The lowest BCUT2D eigenvalue weighted by Crippen LogP contribution is -2.42. The number of carbonyl (C=O) groups is 1. The quantitative estimate of drug-likeness (QED) is 0.663. The molecule has 0 N–H and O–H groups in total. The highest BCUT2D eigenvalue weighted by Gasteiger charge is 2.32. The average Bonchev–Trinajstić information content (AvgIpc) is 3.42. The molecule has 0 aliphatic carbocycles. The second-order valence-electron chi connectivity index (χ2n) is 8.30. The number of hydrogen-bond donors (Lipinski definition) is 0. The summed E-state index contributed by atoms with van der Waals surface area (Å²) in [6, 6.07) is 16.4. The predicted octanol–water partition coefficient (Wildman–Crippen LogP) is 3.85. The molecule has 3 heterocycles. The summed E-state index contributed by atoms with van der Waals surface area (Å²) in [5.41, 5.74) is 4.55. The van der Waals surface area contributed by atoms with Gasteiger partial charge in [-0.1, -0.05) is 53.2 Å². The van der Waals surface area contributed by atoms with Crippen molar-refractivity contribution in [3.05, 3.63) is 65.5 Å². The molecule has 5 rings (SSSR count). The van der Waals surface area contributed by atoms with Crippen LogP contribution in [0.2, 0.25) is 0 Å². The van der Waals surface area contributed by atoms with Crippen LogP contribution in [0.1, 0.15) is 29.9 Å². The maximum absolute atomic E-state index is 13.1. The second-order valence-corrected chi connectivity index (χ2v) is 8.30. The van der Waals surface area contributed by atoms with Crippen molar-refractivity contribution in [2.24, 2.45) is 5.92 Å². The van der Waals surface area contributed by atoms with Gasteiger partial charge in [-0.25, -0.2) is 0 Å². The maximum Gasteiger partial charge on any atom is 0.241 e. The van der Waals surface area contributed by atoms with Gasteiger partial charge in [0, 0.05) is 23.7 Å². The number of nitrogens with zero attached hydrogens (tertiary/aromatic N) is 4. The van der Waals surface area contributed by atoms with Gasteiger partial charge in [0.25, 0.3) is 0 Å². The molecule has 154 valence electrons. The van der Waals surface area contributed by atoms with Crippen LogP contribution >= 0.6 is 0 Å². The minimum absolute atomic E-state index is 0.0956. The molecule has 0 radical (unpaired) electrons. The largest absolute Gasteiger partial charge is 0.338 e. The number of rotatable bonds is 4. The number of aryl methyl sites for hydroxylation is 1. The zero-order chi connectivity index (χ0) is 20.5. The van der Waals surface area contributed by atoms with Crippen molar-refractivity contribution in [2.75, 3.05) is 24.5 Å². The van der Waals surface area contributed by atoms with Gasteiger partial charge in [0.2, 0.25) is 17.6 Å². The SMILES string of the molecule is Cc1ccc(-c2noc(CN3CCC(C(=O)N4CCc5ccccc54)CC3)n2)cc1. The third kappa shape index (κ3) is 3.75. The van der Waals surface area contributed by atoms with E-state index in [-0.39, 0.29) is 11.8 Å². The Kier molecular flexibility index (Phi) is 5.09. The fraction of sp³-hybridized carbons (Fsp3) is 0.375. The van der Waals surface area contributed by atoms with Gasteiger partial charge in [-0.3, -0.25) is 9.69 Å². The number of benzene rings is 2. The number of likely N-dealkylation sites (tertiary alicyclic amines) is 1. The molecule has 6 nitrogen and oxygen atoms in total. The molecule has 6 heteroatoms. The van der Waals surface area contributed by atoms with Gasteiger partial charge >= 0.3 is 0 Å². The highest BCUT2D eigenvalue weighted by molar-refractivity contribution is 5.97. The van der Waals surface area contributed by atoms with Gasteiger partial charge in [0.1, 0.15) is 0 Å². The van der Waals surface area contributed by atoms with Gasteiger partial charge in [-0.05, 0) is 50.9 Å². The summed E-state index contributed by atoms with van der Waals surface area (Å²) in [5, 5.41) is 4.12. The summed E-state index contributed by atoms with van der Waals surface area (Å²) >= 11 is 0. The topological polar surface area (TPSA) is 62.5 Å². The number of anilines is 1. The molecule has 0 unspecified atom stereocenters. The summed E-state index contributed by atoms with van der Waals surface area (Å²) in [5.74, 6) is 1.63. The maximum atomic E-state index is 13.1. The van der Waals surface area contributed by atoms with Crippen LogP contribution in [0.4, 0.5) is 5.69 Å². The first-order valence-corrected chi connectivity index (χ1v) is 10.7. The third-order valence-corrected chi connectivity index (χ3v) is 6.23. The predicted molar refractivity (Wildman–Crippen MR) is 115 cm³/mol. The summed E-state index contributed by atoms with van der Waals surface area (Å²) in [4.78, 5) is 21.9. The Morgan fingerprint density at radius 3 is 2.63 bits per heavy atom. The molecule has 2 aliphatic heterocycles. The molecule has 0 bridgehead atoms. The van der Waals surface area contributed by atoms with Crippen molar-refractivity contribution in [2.45, 2.75) is 32.7 Å². The van der Waals surface area contributed by atoms with Gasteiger partial charge in [-0.2, -0.15) is 4.98 Å². The Morgan fingerprint density at radius 2 is 1.83 bits per heavy atom. The first-order valence-electron chi connectivity index (χ1n) is 10.7. The number of aromatic nitrogens is 2. The van der Waals surface area contributed by atoms with Crippen LogP contribution in [0, 0.1) is 12.8 Å². The lowest BCUT2D eigenvalue weighted by molar-refractivity contribution is -0.123. The molecule has 1 amide bonds. The smallest absolute Gasteiger partial charge is 0.241 e. The Hall–Kier alpha value is -2.99. The Labute approximate surface area is 176 Å². The monoisotopic (exact) mass is 402 g/mol. The van der Waals surface area contributed by atoms with Crippen LogP contribution in [0.3, 0.4) is 0 Å². The molecular weight excluding hydrogens is 376 g/mol. The first kappa shape index (κ1) is 19.0. The van der Waals surface area contributed by atoms with Gasteiger partial charge in [0.05, 0.1) is 6.54 Å². The van der Waals surface area contributed by atoms with Crippen molar-refractivity contribution in [1.82, 2.24) is 15.0 Å². The molecule has 0 saturated carbocycles. The molecule has 3 aromatic rings. The molecule has 2 aromatic carbocycles. The first-order chi connectivity index (χ1) is 14.7. The van der Waals surface area contributed by atoms with Crippen LogP contribution in [0.15, 0.2) is 53.1 Å². The fourth-order valence-corrected chi connectivity index (χ4v) is 4.46. The minimum Gasteiger partial charge on any atom is -0.338 e. The van der Waals surface area contributed by atoms with Crippen LogP contribution < -0.4 is 4.90 Å². The lowest BCUT2D eigenvalue weighted by Gasteiger charge is -2.32. The van der Waals surface area contributed by atoms with Gasteiger partial charge in [-0.15, -0.1) is 0 Å². The molecule has 1 saturated heterocycles. The van der Waals surface area contributed by atoms with Crippen molar-refractivity contribution >= 4 is 11.6 Å². The van der Waals surface area contributed by atoms with Crippen molar-refractivity contribution < 1.29 is 9.32 Å². The van der Waals surface area contributed by atoms with E-state index in [1.54, 1.807) is 0 Å². The van der Waals surface area contributed by atoms with Crippen LogP contribution in [-0.4, -0.2) is 40.6 Å². The summed E-state index contributed by atoms with van der Waals surface area (Å²) in [6.45, 7) is 5.24. The lowest BCUT2D eigenvalue weighted by atomic mass is 9.95. The summed E-state index contributed by atoms with van der Waals surface area (Å²) < 4.78 is 5.47. The number of fused-ring (bicyclic) bond motifs is 1. The van der Waals surface area contributed by atoms with E-state index in [4.69, 9.17) is 4.52 Å². The molecule has 0 spiro atoms. The molecule has 0 atom stereocenters. The van der Waals surface area contributed by atoms with E-state index >= 15 is 0 Å². The Morgan fingerprint density at radius 1 is 1.07 bits per heavy atom. The van der Waals surface area contributed by atoms with E-state index in [9.17, 15) is 4.79 Å². The number of para-hydroxylation sites is 1. The standard InChI is InChI=1S/C24H26N4O2/c1-17-6-8-19(9-7-17)23-25-22(30-26-23)16-27-13-10-20(11-14-27)24(29)28-15-12-18-4-2-3-5-21(18)28/h2-9,20H,10-16H2,1H3.